The van der Waals surface area contributed by atoms with E-state index in [9.17, 15) is 0 Å². The molecule has 0 aliphatic heterocycles. The third-order valence-corrected chi connectivity index (χ3v) is 2.38. The van der Waals surface area contributed by atoms with Gasteiger partial charge in [0.25, 0.3) is 0 Å². The van der Waals surface area contributed by atoms with Crippen molar-refractivity contribution in [1.82, 2.24) is 0 Å². The molecule has 1 aliphatic rings. The van der Waals surface area contributed by atoms with E-state index in [2.05, 4.69) is 9.98 Å². The molecule has 1 fully saturated rings. The lowest BCUT2D eigenvalue weighted by Crippen LogP contribution is -2.26. The molecule has 0 saturated heterocycles. The fraction of sp³-hybridized carbons (Fsp3) is 0.800. The second kappa shape index (κ2) is 5.07. The summed E-state index contributed by atoms with van der Waals surface area (Å²) in [5, 5.41) is 0. The zero-order valence-electron chi connectivity index (χ0n) is 8.03. The molecule has 68 valence electrons. The Labute approximate surface area is 74.8 Å². The standard InChI is InChI=1S/C10H18N2/c1-3-11-9-7-5-6-8-10(9)12-4-2/h3-4,9-10H,5-8H2,1-2H3. The van der Waals surface area contributed by atoms with Crippen molar-refractivity contribution in [2.45, 2.75) is 51.6 Å². The minimum Gasteiger partial charge on any atom is -0.292 e. The van der Waals surface area contributed by atoms with Gasteiger partial charge in [-0.2, -0.15) is 0 Å². The summed E-state index contributed by atoms with van der Waals surface area (Å²) in [4.78, 5) is 8.89. The van der Waals surface area contributed by atoms with E-state index in [1.165, 1.54) is 25.7 Å². The van der Waals surface area contributed by atoms with Gasteiger partial charge in [0, 0.05) is 0 Å². The van der Waals surface area contributed by atoms with Crippen molar-refractivity contribution in [2.24, 2.45) is 9.98 Å². The highest BCUT2D eigenvalue weighted by Gasteiger charge is 2.22. The maximum Gasteiger partial charge on any atom is 0.0718 e. The second-order valence-electron chi connectivity index (χ2n) is 3.23. The van der Waals surface area contributed by atoms with Gasteiger partial charge >= 0.3 is 0 Å². The van der Waals surface area contributed by atoms with Crippen molar-refractivity contribution in [3.8, 4) is 0 Å². The van der Waals surface area contributed by atoms with Crippen molar-refractivity contribution in [3.05, 3.63) is 0 Å². The van der Waals surface area contributed by atoms with Crippen LogP contribution in [0.1, 0.15) is 39.5 Å². The zero-order valence-corrected chi connectivity index (χ0v) is 8.03. The van der Waals surface area contributed by atoms with Gasteiger partial charge in [0.05, 0.1) is 12.1 Å². The second-order valence-corrected chi connectivity index (χ2v) is 3.23. The SMILES string of the molecule is CC=NC1CCCCC1N=CC. The molecule has 0 aromatic carbocycles. The predicted molar refractivity (Wildman–Crippen MR) is 54.4 cm³/mol. The summed E-state index contributed by atoms with van der Waals surface area (Å²) in [7, 11) is 0. The molecule has 0 radical (unpaired) electrons. The topological polar surface area (TPSA) is 24.7 Å². The molecule has 12 heavy (non-hydrogen) atoms. The summed E-state index contributed by atoms with van der Waals surface area (Å²) < 4.78 is 0. The fourth-order valence-corrected chi connectivity index (χ4v) is 1.82. The molecule has 1 saturated carbocycles. The van der Waals surface area contributed by atoms with E-state index in [-0.39, 0.29) is 0 Å². The molecule has 0 aromatic rings. The number of hydrogen-bond donors (Lipinski definition) is 0. The van der Waals surface area contributed by atoms with Crippen molar-refractivity contribution < 1.29 is 0 Å². The van der Waals surface area contributed by atoms with Crippen LogP contribution in [-0.2, 0) is 0 Å². The van der Waals surface area contributed by atoms with Crippen LogP contribution in [0.25, 0.3) is 0 Å². The summed E-state index contributed by atoms with van der Waals surface area (Å²) in [6.45, 7) is 3.97. The average molecular weight is 166 g/mol. The molecular formula is C10H18N2. The Balaban J connectivity index is 2.53. The highest BCUT2D eigenvalue weighted by molar-refractivity contribution is 5.55. The monoisotopic (exact) mass is 166 g/mol. The van der Waals surface area contributed by atoms with Gasteiger partial charge in [-0.1, -0.05) is 12.8 Å². The van der Waals surface area contributed by atoms with E-state index in [1.807, 2.05) is 26.3 Å². The smallest absolute Gasteiger partial charge is 0.0718 e. The van der Waals surface area contributed by atoms with E-state index in [4.69, 9.17) is 0 Å². The van der Waals surface area contributed by atoms with Crippen molar-refractivity contribution in [1.29, 1.82) is 0 Å². The lowest BCUT2D eigenvalue weighted by atomic mass is 9.91. The molecule has 1 rings (SSSR count). The highest BCUT2D eigenvalue weighted by atomic mass is 14.9. The molecule has 0 aromatic heterocycles. The summed E-state index contributed by atoms with van der Waals surface area (Å²) in [5.74, 6) is 0. The van der Waals surface area contributed by atoms with Gasteiger partial charge < -0.3 is 0 Å². The first-order valence-corrected chi connectivity index (χ1v) is 4.84. The lowest BCUT2D eigenvalue weighted by molar-refractivity contribution is 0.390. The molecule has 1 aliphatic carbocycles. The number of hydrogen-bond acceptors (Lipinski definition) is 2. The first-order chi connectivity index (χ1) is 5.88. The largest absolute Gasteiger partial charge is 0.292 e. The maximum atomic E-state index is 4.44. The van der Waals surface area contributed by atoms with Gasteiger partial charge in [0.15, 0.2) is 0 Å². The number of nitrogens with zero attached hydrogens (tertiary/aromatic N) is 2. The molecule has 0 spiro atoms. The van der Waals surface area contributed by atoms with Gasteiger partial charge in [0.1, 0.15) is 0 Å². The molecule has 2 nitrogen and oxygen atoms in total. The Bertz CT molecular complexity index is 153. The Morgan fingerprint density at radius 3 is 1.67 bits per heavy atom. The predicted octanol–water partition coefficient (Wildman–Crippen LogP) is 2.48. The fourth-order valence-electron chi connectivity index (χ4n) is 1.82. The van der Waals surface area contributed by atoms with Gasteiger partial charge in [-0.25, -0.2) is 0 Å². The molecule has 0 bridgehead atoms. The van der Waals surface area contributed by atoms with Crippen LogP contribution in [0.4, 0.5) is 0 Å². The number of rotatable bonds is 2. The van der Waals surface area contributed by atoms with Gasteiger partial charge in [-0.05, 0) is 39.1 Å². The molecule has 0 amide bonds. The average Bonchev–Trinajstić information content (AvgIpc) is 2.09. The third-order valence-electron chi connectivity index (χ3n) is 2.38. The van der Waals surface area contributed by atoms with Crippen LogP contribution in [0, 0.1) is 0 Å². The van der Waals surface area contributed by atoms with Crippen LogP contribution in [0.2, 0.25) is 0 Å². The van der Waals surface area contributed by atoms with Crippen LogP contribution in [0.15, 0.2) is 9.98 Å². The highest BCUT2D eigenvalue weighted by Crippen LogP contribution is 2.23. The van der Waals surface area contributed by atoms with Gasteiger partial charge in [-0.15, -0.1) is 0 Å². The van der Waals surface area contributed by atoms with Crippen LogP contribution in [-0.4, -0.2) is 24.5 Å². The summed E-state index contributed by atoms with van der Waals surface area (Å²) >= 11 is 0. The zero-order chi connectivity index (χ0) is 8.81. The van der Waals surface area contributed by atoms with E-state index in [0.29, 0.717) is 12.1 Å². The van der Waals surface area contributed by atoms with Gasteiger partial charge in [-0.3, -0.25) is 9.98 Å². The Kier molecular flexibility index (Phi) is 3.98. The summed E-state index contributed by atoms with van der Waals surface area (Å²) in [6, 6.07) is 0.917. The van der Waals surface area contributed by atoms with Crippen LogP contribution >= 0.6 is 0 Å². The molecule has 2 atom stereocenters. The van der Waals surface area contributed by atoms with Crippen LogP contribution in [0.3, 0.4) is 0 Å². The van der Waals surface area contributed by atoms with E-state index < -0.39 is 0 Å². The van der Waals surface area contributed by atoms with Crippen LogP contribution < -0.4 is 0 Å². The lowest BCUT2D eigenvalue weighted by Gasteiger charge is -2.25. The molecule has 2 unspecified atom stereocenters. The third kappa shape index (κ3) is 2.43. The van der Waals surface area contributed by atoms with Crippen molar-refractivity contribution in [3.63, 3.8) is 0 Å². The van der Waals surface area contributed by atoms with Crippen LogP contribution in [0.5, 0.6) is 0 Å². The molecule has 2 heteroatoms. The minimum absolute atomic E-state index is 0.458. The van der Waals surface area contributed by atoms with E-state index in [0.717, 1.165) is 0 Å². The summed E-state index contributed by atoms with van der Waals surface area (Å²) in [6.07, 6.45) is 8.89. The Morgan fingerprint density at radius 1 is 0.917 bits per heavy atom. The first-order valence-electron chi connectivity index (χ1n) is 4.84. The Hall–Kier alpha value is -0.660. The maximum absolute atomic E-state index is 4.44. The van der Waals surface area contributed by atoms with E-state index in [1.54, 1.807) is 0 Å². The minimum atomic E-state index is 0.458. The molecule has 0 heterocycles. The van der Waals surface area contributed by atoms with Gasteiger partial charge in [0.2, 0.25) is 0 Å². The summed E-state index contributed by atoms with van der Waals surface area (Å²) in [5.41, 5.74) is 0. The number of aliphatic imine (C=N–C) groups is 2. The molecular weight excluding hydrogens is 148 g/mol. The Morgan fingerprint density at radius 2 is 1.33 bits per heavy atom. The molecule has 0 N–H and O–H groups in total. The quantitative estimate of drug-likeness (QED) is 0.563. The van der Waals surface area contributed by atoms with E-state index >= 15 is 0 Å². The normalized spacial score (nSPS) is 31.8. The first kappa shape index (κ1) is 9.43. The van der Waals surface area contributed by atoms with Crippen molar-refractivity contribution in [2.75, 3.05) is 0 Å². The van der Waals surface area contributed by atoms with Crippen molar-refractivity contribution >= 4 is 12.4 Å².